The Hall–Kier alpha value is -3.18. The van der Waals surface area contributed by atoms with Crippen LogP contribution in [0, 0.1) is 23.7 Å². The normalized spacial score (nSPS) is 24.3. The number of nitriles is 1. The van der Waals surface area contributed by atoms with Gasteiger partial charge in [0.2, 0.25) is 0 Å². The van der Waals surface area contributed by atoms with Gasteiger partial charge in [0.15, 0.2) is 5.69 Å². The van der Waals surface area contributed by atoms with Gasteiger partial charge in [-0.25, -0.2) is 14.8 Å². The quantitative estimate of drug-likeness (QED) is 0.692. The fourth-order valence-corrected chi connectivity index (χ4v) is 6.00. The molecule has 3 aliphatic rings. The Morgan fingerprint density at radius 3 is 2.47 bits per heavy atom. The van der Waals surface area contributed by atoms with Gasteiger partial charge in [-0.3, -0.25) is 9.80 Å². The van der Waals surface area contributed by atoms with Crippen molar-refractivity contribution in [3.05, 3.63) is 53.5 Å². The van der Waals surface area contributed by atoms with Crippen molar-refractivity contribution in [2.24, 2.45) is 5.41 Å². The van der Waals surface area contributed by atoms with E-state index in [1.165, 1.54) is 11.8 Å². The maximum atomic E-state index is 13.0. The number of hydrogen-bond acceptors (Lipinski definition) is 7. The molecule has 3 fully saturated rings. The molecule has 2 saturated heterocycles. The molecule has 1 aromatic carbocycles. The largest absolute Gasteiger partial charge is 0.446 e. The van der Waals surface area contributed by atoms with Crippen LogP contribution in [0.1, 0.15) is 43.6 Å². The Kier molecular flexibility index (Phi) is 5.90. The van der Waals surface area contributed by atoms with Gasteiger partial charge in [0.05, 0.1) is 24.0 Å². The lowest BCUT2D eigenvalue weighted by Gasteiger charge is -2.58. The summed E-state index contributed by atoms with van der Waals surface area (Å²) in [6, 6.07) is 12.6. The number of rotatable bonds is 4. The average Bonchev–Trinajstić information content (AvgIpc) is 2.76. The Morgan fingerprint density at radius 1 is 1.18 bits per heavy atom. The molecule has 0 bridgehead atoms. The number of piperazine rings is 1. The molecule has 1 aromatic heterocycles. The van der Waals surface area contributed by atoms with E-state index in [0.717, 1.165) is 44.0 Å². The van der Waals surface area contributed by atoms with Crippen LogP contribution in [0.25, 0.3) is 0 Å². The second-order valence-electron chi connectivity index (χ2n) is 10.3. The molecule has 2 atom stereocenters. The maximum Gasteiger partial charge on any atom is 0.410 e. The molecular formula is C26H32N6O2. The number of aromatic nitrogens is 2. The molecule has 178 valence electrons. The molecule has 1 amide bonds. The number of nitrogens with zero attached hydrogens (tertiary/aromatic N) is 6. The van der Waals surface area contributed by atoms with Crippen LogP contribution in [0.2, 0.25) is 0 Å². The van der Waals surface area contributed by atoms with Crippen molar-refractivity contribution in [3.63, 3.8) is 0 Å². The SMILES string of the molecule is Cc1nc(C#N)cnc1N1C[C@@H](C)N(C(=O)OC2CC3(C2)CN(Cc2ccccc2)C3)[C@H](C)C1. The third-order valence-electron chi connectivity index (χ3n) is 7.42. The zero-order chi connectivity index (χ0) is 23.9. The Balaban J connectivity index is 1.11. The second kappa shape index (κ2) is 8.88. The van der Waals surface area contributed by atoms with Crippen LogP contribution in [0.15, 0.2) is 36.5 Å². The summed E-state index contributed by atoms with van der Waals surface area (Å²) in [4.78, 5) is 28.3. The predicted molar refractivity (Wildman–Crippen MR) is 128 cm³/mol. The molecule has 3 heterocycles. The van der Waals surface area contributed by atoms with Crippen molar-refractivity contribution >= 4 is 11.9 Å². The van der Waals surface area contributed by atoms with Gasteiger partial charge in [-0.15, -0.1) is 0 Å². The van der Waals surface area contributed by atoms with Crippen molar-refractivity contribution in [3.8, 4) is 6.07 Å². The van der Waals surface area contributed by atoms with E-state index in [9.17, 15) is 4.79 Å². The van der Waals surface area contributed by atoms with Gasteiger partial charge in [-0.1, -0.05) is 30.3 Å². The lowest BCUT2D eigenvalue weighted by molar-refractivity contribution is -0.137. The number of ether oxygens (including phenoxy) is 1. The predicted octanol–water partition coefficient (Wildman–Crippen LogP) is 3.36. The lowest BCUT2D eigenvalue weighted by atomic mass is 9.61. The van der Waals surface area contributed by atoms with Crippen LogP contribution in [-0.4, -0.2) is 70.2 Å². The van der Waals surface area contributed by atoms with Gasteiger partial charge in [0, 0.05) is 38.1 Å². The van der Waals surface area contributed by atoms with E-state index in [1.807, 2.05) is 31.7 Å². The van der Waals surface area contributed by atoms with Crippen LogP contribution >= 0.6 is 0 Å². The first-order valence-corrected chi connectivity index (χ1v) is 12.1. The molecular weight excluding hydrogens is 428 g/mol. The number of aryl methyl sites for hydroxylation is 1. The summed E-state index contributed by atoms with van der Waals surface area (Å²) in [7, 11) is 0. The molecule has 1 aliphatic carbocycles. The molecule has 2 aliphatic heterocycles. The van der Waals surface area contributed by atoms with Crippen molar-refractivity contribution in [1.29, 1.82) is 5.26 Å². The van der Waals surface area contributed by atoms with E-state index in [-0.39, 0.29) is 24.3 Å². The Bertz CT molecular complexity index is 1070. The molecule has 8 nitrogen and oxygen atoms in total. The second-order valence-corrected chi connectivity index (χ2v) is 10.3. The number of anilines is 1. The molecule has 8 heteroatoms. The fraction of sp³-hybridized carbons (Fsp3) is 0.538. The fourth-order valence-electron chi connectivity index (χ4n) is 6.00. The first-order valence-electron chi connectivity index (χ1n) is 12.1. The van der Waals surface area contributed by atoms with E-state index in [0.29, 0.717) is 24.2 Å². The summed E-state index contributed by atoms with van der Waals surface area (Å²) in [5, 5.41) is 9.04. The summed E-state index contributed by atoms with van der Waals surface area (Å²) < 4.78 is 5.93. The monoisotopic (exact) mass is 460 g/mol. The van der Waals surface area contributed by atoms with Crippen LogP contribution in [0.3, 0.4) is 0 Å². The van der Waals surface area contributed by atoms with Gasteiger partial charge in [0.1, 0.15) is 18.0 Å². The highest BCUT2D eigenvalue weighted by Crippen LogP contribution is 2.50. The number of likely N-dealkylation sites (tertiary alicyclic amines) is 1. The maximum absolute atomic E-state index is 13.0. The van der Waals surface area contributed by atoms with Crippen LogP contribution in [0.4, 0.5) is 10.6 Å². The topological polar surface area (TPSA) is 85.6 Å². The van der Waals surface area contributed by atoms with Gasteiger partial charge >= 0.3 is 6.09 Å². The van der Waals surface area contributed by atoms with Gasteiger partial charge in [-0.05, 0) is 39.2 Å². The molecule has 34 heavy (non-hydrogen) atoms. The number of benzene rings is 1. The molecule has 1 saturated carbocycles. The van der Waals surface area contributed by atoms with Crippen LogP contribution < -0.4 is 4.90 Å². The smallest absolute Gasteiger partial charge is 0.410 e. The summed E-state index contributed by atoms with van der Waals surface area (Å²) >= 11 is 0. The molecule has 2 aromatic rings. The highest BCUT2D eigenvalue weighted by atomic mass is 16.6. The Morgan fingerprint density at radius 2 is 1.85 bits per heavy atom. The zero-order valence-corrected chi connectivity index (χ0v) is 20.1. The minimum Gasteiger partial charge on any atom is -0.446 e. The Labute approximate surface area is 201 Å². The lowest BCUT2D eigenvalue weighted by Crippen LogP contribution is -2.65. The van der Waals surface area contributed by atoms with E-state index < -0.39 is 0 Å². The highest BCUT2D eigenvalue weighted by Gasteiger charge is 2.54. The molecule has 5 rings (SSSR count). The van der Waals surface area contributed by atoms with Crippen LogP contribution in [-0.2, 0) is 11.3 Å². The number of carbonyl (C=O) groups is 1. The first kappa shape index (κ1) is 22.6. The minimum atomic E-state index is -0.206. The minimum absolute atomic E-state index is 0.00723. The summed E-state index contributed by atoms with van der Waals surface area (Å²) in [6.07, 6.45) is 3.25. The third-order valence-corrected chi connectivity index (χ3v) is 7.42. The zero-order valence-electron chi connectivity index (χ0n) is 20.1. The summed E-state index contributed by atoms with van der Waals surface area (Å²) in [5.41, 5.74) is 2.74. The number of amides is 1. The van der Waals surface area contributed by atoms with Gasteiger partial charge < -0.3 is 9.64 Å². The van der Waals surface area contributed by atoms with Crippen molar-refractivity contribution in [2.75, 3.05) is 31.1 Å². The highest BCUT2D eigenvalue weighted by molar-refractivity contribution is 5.69. The summed E-state index contributed by atoms with van der Waals surface area (Å²) in [6.45, 7) is 10.5. The van der Waals surface area contributed by atoms with Crippen molar-refractivity contribution < 1.29 is 9.53 Å². The van der Waals surface area contributed by atoms with Crippen LogP contribution in [0.5, 0.6) is 0 Å². The van der Waals surface area contributed by atoms with E-state index in [2.05, 4.69) is 50.1 Å². The van der Waals surface area contributed by atoms with E-state index >= 15 is 0 Å². The van der Waals surface area contributed by atoms with Crippen molar-refractivity contribution in [1.82, 2.24) is 19.8 Å². The molecule has 0 N–H and O–H groups in total. The standard InChI is InChI=1S/C26H32N6O2/c1-18-13-31(24-20(3)29-22(11-27)12-28-24)14-19(2)32(18)25(33)34-23-9-26(10-23)16-30(17-26)15-21-7-5-4-6-8-21/h4-8,12,18-19,23H,9-10,13-17H2,1-3H3/t18-,19-/m1/s1. The van der Waals surface area contributed by atoms with E-state index in [4.69, 9.17) is 10.00 Å². The molecule has 0 unspecified atom stereocenters. The number of hydrogen-bond donors (Lipinski definition) is 0. The average molecular weight is 461 g/mol. The number of carbonyl (C=O) groups excluding carboxylic acids is 1. The molecule has 1 spiro atoms. The van der Waals surface area contributed by atoms with E-state index in [1.54, 1.807) is 0 Å². The summed E-state index contributed by atoms with van der Waals surface area (Å²) in [5.74, 6) is 0.775. The first-order chi connectivity index (χ1) is 16.4. The van der Waals surface area contributed by atoms with Gasteiger partial charge in [-0.2, -0.15) is 5.26 Å². The molecule has 0 radical (unpaired) electrons. The van der Waals surface area contributed by atoms with Crippen molar-refractivity contribution in [2.45, 2.75) is 58.3 Å². The third kappa shape index (κ3) is 4.32. The van der Waals surface area contributed by atoms with Gasteiger partial charge in [0.25, 0.3) is 0 Å².